The first kappa shape index (κ1) is 14.4. The summed E-state index contributed by atoms with van der Waals surface area (Å²) in [4.78, 5) is 0. The molecule has 0 aliphatic carbocycles. The third-order valence-electron chi connectivity index (χ3n) is 3.19. The van der Waals surface area contributed by atoms with Crippen LogP contribution in [-0.2, 0) is 10.8 Å². The average Bonchev–Trinajstić information content (AvgIpc) is 2.35. The lowest BCUT2D eigenvalue weighted by Crippen LogP contribution is -2.24. The van der Waals surface area contributed by atoms with Crippen molar-refractivity contribution in [2.24, 2.45) is 11.7 Å². The van der Waals surface area contributed by atoms with Crippen LogP contribution in [0, 0.1) is 5.92 Å². The maximum Gasteiger partial charge on any atom is 0.0611 e. The topological polar surface area (TPSA) is 43.1 Å². The molecule has 3 heteroatoms. The zero-order chi connectivity index (χ0) is 12.8. The van der Waals surface area contributed by atoms with E-state index in [1.54, 1.807) is 0 Å². The third-order valence-corrected chi connectivity index (χ3v) is 5.53. The second-order valence-corrected chi connectivity index (χ2v) is 6.72. The van der Waals surface area contributed by atoms with Crippen LogP contribution in [0.15, 0.2) is 30.3 Å². The van der Waals surface area contributed by atoms with Crippen LogP contribution in [0.2, 0.25) is 0 Å². The third kappa shape index (κ3) is 3.93. The van der Waals surface area contributed by atoms with Gasteiger partial charge in [0.15, 0.2) is 0 Å². The molecule has 0 heterocycles. The molecule has 0 bridgehead atoms. The minimum absolute atomic E-state index is 0.0681. The van der Waals surface area contributed by atoms with E-state index in [-0.39, 0.29) is 10.5 Å². The molecule has 0 aromatic heterocycles. The van der Waals surface area contributed by atoms with Crippen LogP contribution in [0.5, 0.6) is 0 Å². The Bertz CT molecular complexity index is 350. The monoisotopic (exact) mass is 253 g/mol. The highest BCUT2D eigenvalue weighted by Crippen LogP contribution is 2.27. The van der Waals surface area contributed by atoms with Crippen molar-refractivity contribution in [3.8, 4) is 0 Å². The second-order valence-electron chi connectivity index (χ2n) is 4.75. The van der Waals surface area contributed by atoms with E-state index in [9.17, 15) is 4.21 Å². The molecule has 2 N–H and O–H groups in total. The van der Waals surface area contributed by atoms with Crippen LogP contribution in [0.1, 0.15) is 38.0 Å². The molecule has 1 aromatic carbocycles. The summed E-state index contributed by atoms with van der Waals surface area (Å²) in [6.45, 7) is 6.88. The molecular formula is C14H23NOS. The summed E-state index contributed by atoms with van der Waals surface area (Å²) in [5, 5.41) is 0.269. The van der Waals surface area contributed by atoms with Gasteiger partial charge in [-0.25, -0.2) is 0 Å². The Labute approximate surface area is 107 Å². The highest BCUT2D eigenvalue weighted by atomic mass is 32.2. The number of nitrogens with two attached hydrogens (primary N) is 1. The molecule has 3 unspecified atom stereocenters. The van der Waals surface area contributed by atoms with Crippen LogP contribution in [0.25, 0.3) is 0 Å². The molecule has 0 amide bonds. The lowest BCUT2D eigenvalue weighted by atomic mass is 10.1. The van der Waals surface area contributed by atoms with E-state index < -0.39 is 10.8 Å². The summed E-state index contributed by atoms with van der Waals surface area (Å²) in [6, 6.07) is 10.1. The van der Waals surface area contributed by atoms with Gasteiger partial charge >= 0.3 is 0 Å². The largest absolute Gasteiger partial charge is 0.330 e. The van der Waals surface area contributed by atoms with Crippen molar-refractivity contribution in [2.75, 3.05) is 6.54 Å². The lowest BCUT2D eigenvalue weighted by Gasteiger charge is -2.23. The fourth-order valence-electron chi connectivity index (χ4n) is 1.76. The molecule has 1 aromatic rings. The van der Waals surface area contributed by atoms with Gasteiger partial charge in [0.05, 0.1) is 5.25 Å². The Morgan fingerprint density at radius 3 is 2.24 bits per heavy atom. The highest BCUT2D eigenvalue weighted by molar-refractivity contribution is 7.85. The predicted octanol–water partition coefficient (Wildman–Crippen LogP) is 2.87. The quantitative estimate of drug-likeness (QED) is 0.847. The van der Waals surface area contributed by atoms with E-state index in [2.05, 4.69) is 20.8 Å². The summed E-state index contributed by atoms with van der Waals surface area (Å²) in [6.07, 6.45) is 0.785. The molecule has 0 radical (unpaired) electrons. The summed E-state index contributed by atoms with van der Waals surface area (Å²) in [5.41, 5.74) is 6.79. The molecule has 3 atom stereocenters. The van der Waals surface area contributed by atoms with Crippen LogP contribution >= 0.6 is 0 Å². The van der Waals surface area contributed by atoms with E-state index in [0.717, 1.165) is 12.0 Å². The van der Waals surface area contributed by atoms with Crippen LogP contribution in [0.4, 0.5) is 0 Å². The van der Waals surface area contributed by atoms with E-state index in [1.165, 1.54) is 0 Å². The molecule has 0 aliphatic heterocycles. The lowest BCUT2D eigenvalue weighted by molar-refractivity contribution is 0.593. The Balaban J connectivity index is 2.90. The smallest absolute Gasteiger partial charge is 0.0611 e. The van der Waals surface area contributed by atoms with E-state index in [4.69, 9.17) is 5.73 Å². The van der Waals surface area contributed by atoms with Gasteiger partial charge in [-0.1, -0.05) is 51.1 Å². The molecule has 96 valence electrons. The maximum absolute atomic E-state index is 12.5. The van der Waals surface area contributed by atoms with Crippen molar-refractivity contribution in [3.63, 3.8) is 0 Å². The molecule has 0 saturated carbocycles. The zero-order valence-corrected chi connectivity index (χ0v) is 11.7. The number of hydrogen-bond acceptors (Lipinski definition) is 2. The molecule has 0 aliphatic rings. The number of hydrogen-bond donors (Lipinski definition) is 1. The van der Waals surface area contributed by atoms with Crippen molar-refractivity contribution >= 4 is 10.8 Å². The standard InChI is InChI=1S/C14H23NOS/c1-11(2)12(3)17(16)14(9-10-15)13-7-5-4-6-8-13/h4-8,11-12,14H,9-10,15H2,1-3H3. The van der Waals surface area contributed by atoms with Crippen LogP contribution < -0.4 is 5.73 Å². The minimum Gasteiger partial charge on any atom is -0.330 e. The fourth-order valence-corrected chi connectivity index (χ4v) is 3.61. The SMILES string of the molecule is CC(C)C(C)S(=O)C(CCN)c1ccccc1. The van der Waals surface area contributed by atoms with Gasteiger partial charge in [0.2, 0.25) is 0 Å². The Hall–Kier alpha value is -0.670. The van der Waals surface area contributed by atoms with E-state index in [0.29, 0.717) is 12.5 Å². The van der Waals surface area contributed by atoms with Crippen molar-refractivity contribution in [1.82, 2.24) is 0 Å². The summed E-state index contributed by atoms with van der Waals surface area (Å²) < 4.78 is 12.5. The van der Waals surface area contributed by atoms with Crippen molar-refractivity contribution in [1.29, 1.82) is 0 Å². The Kier molecular flexibility index (Phi) is 5.86. The summed E-state index contributed by atoms with van der Waals surface area (Å²) in [5.74, 6) is 0.430. The summed E-state index contributed by atoms with van der Waals surface area (Å²) in [7, 11) is -0.864. The van der Waals surface area contributed by atoms with Crippen molar-refractivity contribution in [3.05, 3.63) is 35.9 Å². The second kappa shape index (κ2) is 6.92. The van der Waals surface area contributed by atoms with E-state index in [1.807, 2.05) is 30.3 Å². The number of rotatable bonds is 6. The highest BCUT2D eigenvalue weighted by Gasteiger charge is 2.24. The zero-order valence-electron chi connectivity index (χ0n) is 10.9. The summed E-state index contributed by atoms with van der Waals surface area (Å²) >= 11 is 0. The number of benzene rings is 1. The fraction of sp³-hybridized carbons (Fsp3) is 0.571. The van der Waals surface area contributed by atoms with Gasteiger partial charge in [0, 0.05) is 16.0 Å². The van der Waals surface area contributed by atoms with Gasteiger partial charge < -0.3 is 5.73 Å². The first-order valence-electron chi connectivity index (χ1n) is 6.22. The maximum atomic E-state index is 12.5. The van der Waals surface area contributed by atoms with E-state index >= 15 is 0 Å². The Morgan fingerprint density at radius 1 is 1.18 bits per heavy atom. The average molecular weight is 253 g/mol. The first-order chi connectivity index (χ1) is 8.07. The van der Waals surface area contributed by atoms with Gasteiger partial charge in [-0.2, -0.15) is 0 Å². The minimum atomic E-state index is -0.864. The molecular weight excluding hydrogens is 230 g/mol. The molecule has 0 fully saturated rings. The molecule has 0 spiro atoms. The molecule has 17 heavy (non-hydrogen) atoms. The van der Waals surface area contributed by atoms with Gasteiger partial charge in [-0.3, -0.25) is 4.21 Å². The first-order valence-corrected chi connectivity index (χ1v) is 7.50. The Morgan fingerprint density at radius 2 is 1.76 bits per heavy atom. The van der Waals surface area contributed by atoms with Crippen LogP contribution in [-0.4, -0.2) is 16.0 Å². The van der Waals surface area contributed by atoms with Gasteiger partial charge in [0.1, 0.15) is 0 Å². The van der Waals surface area contributed by atoms with Gasteiger partial charge in [-0.05, 0) is 24.4 Å². The van der Waals surface area contributed by atoms with Crippen LogP contribution in [0.3, 0.4) is 0 Å². The van der Waals surface area contributed by atoms with Gasteiger partial charge in [0.25, 0.3) is 0 Å². The predicted molar refractivity (Wildman–Crippen MR) is 75.3 cm³/mol. The van der Waals surface area contributed by atoms with Crippen molar-refractivity contribution in [2.45, 2.75) is 37.7 Å². The van der Waals surface area contributed by atoms with Gasteiger partial charge in [-0.15, -0.1) is 0 Å². The molecule has 1 rings (SSSR count). The normalized spacial score (nSPS) is 16.8. The van der Waals surface area contributed by atoms with Crippen molar-refractivity contribution < 1.29 is 4.21 Å². The molecule has 2 nitrogen and oxygen atoms in total. The molecule has 0 saturated heterocycles.